The normalized spacial score (nSPS) is 12.5. The Morgan fingerprint density at radius 1 is 0.917 bits per heavy atom. The lowest BCUT2D eigenvalue weighted by molar-refractivity contribution is -0.137. The van der Waals surface area contributed by atoms with E-state index in [1.165, 1.54) is 13.0 Å². The van der Waals surface area contributed by atoms with Crippen molar-refractivity contribution >= 4 is 11.8 Å². The highest BCUT2D eigenvalue weighted by Gasteiger charge is 2.30. The molecule has 2 rings (SSSR count). The number of benzene rings is 2. The summed E-state index contributed by atoms with van der Waals surface area (Å²) in [5.41, 5.74) is -0.434. The van der Waals surface area contributed by atoms with Gasteiger partial charge in [-0.15, -0.1) is 11.8 Å². The number of hydrogen-bond acceptors (Lipinski definition) is 1. The first-order chi connectivity index (χ1) is 11.0. The molecule has 0 saturated heterocycles. The van der Waals surface area contributed by atoms with E-state index in [0.717, 1.165) is 30.3 Å². The van der Waals surface area contributed by atoms with Crippen LogP contribution >= 0.6 is 11.8 Å². The molecule has 2 aromatic carbocycles. The Labute approximate surface area is 137 Å². The lowest BCUT2D eigenvalue weighted by Gasteiger charge is -2.12. The minimum absolute atomic E-state index is 0.0426. The number of rotatable bonds is 3. The molecule has 130 valence electrons. The highest BCUT2D eigenvalue weighted by atomic mass is 32.2. The van der Waals surface area contributed by atoms with Crippen LogP contribution in [0.2, 0.25) is 0 Å². The van der Waals surface area contributed by atoms with Crippen LogP contribution in [0.5, 0.6) is 0 Å². The van der Waals surface area contributed by atoms with Gasteiger partial charge in [-0.1, -0.05) is 12.1 Å². The molecule has 0 N–H and O–H groups in total. The lowest BCUT2D eigenvalue weighted by Crippen LogP contribution is -2.10. The van der Waals surface area contributed by atoms with E-state index < -0.39 is 29.5 Å². The van der Waals surface area contributed by atoms with E-state index in [1.54, 1.807) is 0 Å². The van der Waals surface area contributed by atoms with Crippen LogP contribution in [0.15, 0.2) is 41.3 Å². The summed E-state index contributed by atoms with van der Waals surface area (Å²) in [6.07, 6.45) is -8.89. The zero-order valence-electron chi connectivity index (χ0n) is 12.2. The first-order valence-electron chi connectivity index (χ1n) is 6.65. The van der Waals surface area contributed by atoms with Crippen molar-refractivity contribution in [3.8, 4) is 11.1 Å². The molecule has 0 bridgehead atoms. The fourth-order valence-electron chi connectivity index (χ4n) is 2.03. The van der Waals surface area contributed by atoms with Crippen LogP contribution in [-0.4, -0.2) is 11.9 Å². The van der Waals surface area contributed by atoms with Gasteiger partial charge in [0.1, 0.15) is 5.82 Å². The Hall–Kier alpha value is -1.70. The Balaban J connectivity index is 2.36. The van der Waals surface area contributed by atoms with Crippen molar-refractivity contribution in [3.63, 3.8) is 0 Å². The molecule has 0 saturated carbocycles. The fraction of sp³-hybridized carbons (Fsp3) is 0.250. The summed E-state index contributed by atoms with van der Waals surface area (Å²) in [7, 11) is 0. The summed E-state index contributed by atoms with van der Waals surface area (Å²) in [6, 6.07) is 6.09. The highest BCUT2D eigenvalue weighted by Crippen LogP contribution is 2.35. The van der Waals surface area contributed by atoms with E-state index in [0.29, 0.717) is 17.3 Å². The van der Waals surface area contributed by atoms with Gasteiger partial charge < -0.3 is 0 Å². The van der Waals surface area contributed by atoms with E-state index in [2.05, 4.69) is 0 Å². The summed E-state index contributed by atoms with van der Waals surface area (Å²) in [4.78, 5) is 0.226. The maximum atomic E-state index is 14.1. The van der Waals surface area contributed by atoms with E-state index in [1.807, 2.05) is 0 Å². The monoisotopic (exact) mass is 368 g/mol. The first-order valence-corrected chi connectivity index (χ1v) is 7.63. The molecular weight excluding hydrogens is 357 g/mol. The van der Waals surface area contributed by atoms with Gasteiger partial charge in [0.05, 0.1) is 11.3 Å². The van der Waals surface area contributed by atoms with Crippen LogP contribution in [0.4, 0.5) is 30.7 Å². The van der Waals surface area contributed by atoms with Crippen LogP contribution in [0.1, 0.15) is 11.1 Å². The Kier molecular flexibility index (Phi) is 5.17. The summed E-state index contributed by atoms with van der Waals surface area (Å²) in [5, 5.41) is 0. The Bertz CT molecular complexity index is 715. The van der Waals surface area contributed by atoms with Crippen molar-refractivity contribution in [3.05, 3.63) is 53.3 Å². The third kappa shape index (κ3) is 4.66. The van der Waals surface area contributed by atoms with Crippen molar-refractivity contribution in [2.75, 3.05) is 5.75 Å². The zero-order chi connectivity index (χ0) is 18.1. The van der Waals surface area contributed by atoms with Gasteiger partial charge in [0.15, 0.2) is 0 Å². The Morgan fingerprint density at radius 2 is 1.50 bits per heavy atom. The number of hydrogen-bond donors (Lipinski definition) is 0. The van der Waals surface area contributed by atoms with Crippen molar-refractivity contribution in [1.82, 2.24) is 0 Å². The summed E-state index contributed by atoms with van der Waals surface area (Å²) < 4.78 is 88.7. The molecule has 0 heterocycles. The summed E-state index contributed by atoms with van der Waals surface area (Å²) >= 11 is 0.507. The predicted molar refractivity (Wildman–Crippen MR) is 78.4 cm³/mol. The molecule has 0 spiro atoms. The standard InChI is InChI=1S/C16H11F7S/c1-9-6-13(17)12(7-14(9)24-8-15(18,19)20)10-2-4-11(5-3-10)16(21,22)23/h2-7H,8H2,1H3. The molecule has 2 aromatic rings. The quantitative estimate of drug-likeness (QED) is 0.442. The van der Waals surface area contributed by atoms with E-state index in [9.17, 15) is 30.7 Å². The van der Waals surface area contributed by atoms with Gasteiger partial charge in [0.2, 0.25) is 0 Å². The molecule has 0 amide bonds. The van der Waals surface area contributed by atoms with Gasteiger partial charge in [0, 0.05) is 10.5 Å². The molecule has 0 radical (unpaired) electrons. The van der Waals surface area contributed by atoms with Gasteiger partial charge in [-0.25, -0.2) is 4.39 Å². The maximum absolute atomic E-state index is 14.1. The van der Waals surface area contributed by atoms with Crippen molar-refractivity contribution < 1.29 is 30.7 Å². The van der Waals surface area contributed by atoms with Crippen molar-refractivity contribution in [2.24, 2.45) is 0 Å². The van der Waals surface area contributed by atoms with Gasteiger partial charge in [-0.2, -0.15) is 26.3 Å². The second-order valence-corrected chi connectivity index (χ2v) is 6.09. The largest absolute Gasteiger partial charge is 0.416 e. The summed E-state index contributed by atoms with van der Waals surface area (Å²) in [6.45, 7) is 1.47. The summed E-state index contributed by atoms with van der Waals surface area (Å²) in [5.74, 6) is -1.84. The third-order valence-corrected chi connectivity index (χ3v) is 4.40. The van der Waals surface area contributed by atoms with Crippen LogP contribution in [0.25, 0.3) is 11.1 Å². The van der Waals surface area contributed by atoms with Gasteiger partial charge in [0.25, 0.3) is 0 Å². The molecule has 0 fully saturated rings. The molecule has 0 unspecified atom stereocenters. The predicted octanol–water partition coefficient (Wildman–Crippen LogP) is 6.47. The topological polar surface area (TPSA) is 0 Å². The number of thioether (sulfide) groups is 1. The van der Waals surface area contributed by atoms with Crippen LogP contribution in [-0.2, 0) is 6.18 Å². The van der Waals surface area contributed by atoms with E-state index >= 15 is 0 Å². The molecule has 0 aliphatic heterocycles. The fourth-order valence-corrected chi connectivity index (χ4v) is 2.83. The second kappa shape index (κ2) is 6.66. The second-order valence-electron chi connectivity index (χ2n) is 5.08. The number of alkyl halides is 6. The molecule has 0 aromatic heterocycles. The van der Waals surface area contributed by atoms with Crippen LogP contribution < -0.4 is 0 Å². The molecular formula is C16H11F7S. The zero-order valence-corrected chi connectivity index (χ0v) is 13.0. The first kappa shape index (κ1) is 18.6. The molecule has 0 nitrogen and oxygen atoms in total. The average molecular weight is 368 g/mol. The minimum Gasteiger partial charge on any atom is -0.206 e. The molecule has 8 heteroatoms. The number of halogens is 7. The molecule has 24 heavy (non-hydrogen) atoms. The Morgan fingerprint density at radius 3 is 2.00 bits per heavy atom. The number of aryl methyl sites for hydroxylation is 1. The van der Waals surface area contributed by atoms with E-state index in [4.69, 9.17) is 0 Å². The minimum atomic E-state index is -4.52. The SMILES string of the molecule is Cc1cc(F)c(-c2ccc(C(F)(F)F)cc2)cc1SCC(F)(F)F. The highest BCUT2D eigenvalue weighted by molar-refractivity contribution is 7.99. The molecule has 0 aliphatic rings. The maximum Gasteiger partial charge on any atom is 0.416 e. The van der Waals surface area contributed by atoms with Gasteiger partial charge in [-0.05, 0) is 42.3 Å². The van der Waals surface area contributed by atoms with E-state index in [-0.39, 0.29) is 16.0 Å². The third-order valence-electron chi connectivity index (χ3n) is 3.18. The van der Waals surface area contributed by atoms with Crippen LogP contribution in [0, 0.1) is 12.7 Å². The lowest BCUT2D eigenvalue weighted by atomic mass is 10.0. The molecule has 0 aliphatic carbocycles. The smallest absolute Gasteiger partial charge is 0.206 e. The van der Waals surface area contributed by atoms with Crippen molar-refractivity contribution in [1.29, 1.82) is 0 Å². The van der Waals surface area contributed by atoms with Crippen LogP contribution in [0.3, 0.4) is 0 Å². The van der Waals surface area contributed by atoms with Gasteiger partial charge in [-0.3, -0.25) is 0 Å². The molecule has 0 atom stereocenters. The van der Waals surface area contributed by atoms with Gasteiger partial charge >= 0.3 is 12.4 Å². The average Bonchev–Trinajstić information content (AvgIpc) is 2.44. The van der Waals surface area contributed by atoms with Crippen molar-refractivity contribution in [2.45, 2.75) is 24.2 Å².